The van der Waals surface area contributed by atoms with Crippen molar-refractivity contribution >= 4 is 11.6 Å². The number of anilines is 1. The summed E-state index contributed by atoms with van der Waals surface area (Å²) >= 11 is 0. The molecule has 1 aromatic carbocycles. The third kappa shape index (κ3) is 5.87. The fraction of sp³-hybridized carbons (Fsp3) is 0.438. The van der Waals surface area contributed by atoms with Crippen molar-refractivity contribution in [1.82, 2.24) is 0 Å². The first-order valence-corrected chi connectivity index (χ1v) is 6.66. The van der Waals surface area contributed by atoms with E-state index in [-0.39, 0.29) is 12.5 Å². The van der Waals surface area contributed by atoms with E-state index in [4.69, 9.17) is 9.84 Å². The van der Waals surface area contributed by atoms with Crippen molar-refractivity contribution in [2.24, 2.45) is 0 Å². The van der Waals surface area contributed by atoms with E-state index in [1.54, 1.807) is 7.11 Å². The van der Waals surface area contributed by atoms with E-state index in [0.717, 1.165) is 11.1 Å². The molecule has 0 fully saturated rings. The molecule has 0 aromatic heterocycles. The minimum absolute atomic E-state index is 0.0392. The van der Waals surface area contributed by atoms with Crippen LogP contribution in [0.1, 0.15) is 30.4 Å². The highest BCUT2D eigenvalue weighted by Gasteiger charge is 2.05. The molecule has 0 aliphatic heterocycles. The van der Waals surface area contributed by atoms with Gasteiger partial charge in [0.1, 0.15) is 0 Å². The molecule has 0 radical (unpaired) electrons. The average molecular weight is 275 g/mol. The van der Waals surface area contributed by atoms with Gasteiger partial charge in [-0.25, -0.2) is 0 Å². The summed E-state index contributed by atoms with van der Waals surface area (Å²) in [4.78, 5) is 11.8. The summed E-state index contributed by atoms with van der Waals surface area (Å²) in [6, 6.07) is 5.71. The quantitative estimate of drug-likeness (QED) is 0.617. The molecular weight excluding hydrogens is 254 g/mol. The monoisotopic (exact) mass is 275 g/mol. The number of rotatable bonds is 6. The van der Waals surface area contributed by atoms with Crippen LogP contribution in [0.15, 0.2) is 18.2 Å². The highest BCUT2D eigenvalue weighted by atomic mass is 16.5. The van der Waals surface area contributed by atoms with Crippen LogP contribution in [0.2, 0.25) is 0 Å². The zero-order valence-electron chi connectivity index (χ0n) is 12.0. The van der Waals surface area contributed by atoms with Gasteiger partial charge in [0.05, 0.1) is 12.3 Å². The predicted octanol–water partition coefficient (Wildman–Crippen LogP) is 2.09. The van der Waals surface area contributed by atoms with Crippen molar-refractivity contribution in [2.75, 3.05) is 25.6 Å². The van der Waals surface area contributed by atoms with E-state index in [1.165, 1.54) is 0 Å². The lowest BCUT2D eigenvalue weighted by Crippen LogP contribution is -2.13. The van der Waals surface area contributed by atoms with Crippen LogP contribution in [0, 0.1) is 18.8 Å². The Balaban J connectivity index is 2.74. The molecular formula is C16H21NO3. The molecule has 0 aliphatic rings. The molecule has 0 unspecified atom stereocenters. The Morgan fingerprint density at radius 3 is 2.95 bits per heavy atom. The van der Waals surface area contributed by atoms with Crippen molar-refractivity contribution in [3.63, 3.8) is 0 Å². The molecule has 1 rings (SSSR count). The van der Waals surface area contributed by atoms with Gasteiger partial charge in [-0.1, -0.05) is 17.9 Å². The molecule has 108 valence electrons. The zero-order chi connectivity index (χ0) is 14.8. The number of carbonyl (C=O) groups is 1. The maximum absolute atomic E-state index is 11.8. The van der Waals surface area contributed by atoms with Crippen molar-refractivity contribution in [1.29, 1.82) is 0 Å². The highest BCUT2D eigenvalue weighted by molar-refractivity contribution is 5.92. The minimum atomic E-state index is -0.0453. The van der Waals surface area contributed by atoms with Gasteiger partial charge in [-0.2, -0.15) is 0 Å². The molecule has 4 nitrogen and oxygen atoms in total. The molecule has 1 aromatic rings. The summed E-state index contributed by atoms with van der Waals surface area (Å²) in [6.07, 6.45) is 1.54. The summed E-state index contributed by atoms with van der Waals surface area (Å²) in [5.74, 6) is 5.81. The molecule has 0 aliphatic carbocycles. The normalized spacial score (nSPS) is 9.75. The van der Waals surface area contributed by atoms with E-state index < -0.39 is 0 Å². The fourth-order valence-electron chi connectivity index (χ4n) is 1.67. The van der Waals surface area contributed by atoms with Gasteiger partial charge >= 0.3 is 0 Å². The lowest BCUT2D eigenvalue weighted by molar-refractivity contribution is -0.116. The van der Waals surface area contributed by atoms with E-state index in [9.17, 15) is 4.79 Å². The van der Waals surface area contributed by atoms with Crippen LogP contribution in [0.25, 0.3) is 0 Å². The Kier molecular flexibility index (Phi) is 7.41. The number of carbonyl (C=O) groups excluding carboxylic acids is 1. The van der Waals surface area contributed by atoms with E-state index in [0.29, 0.717) is 31.6 Å². The largest absolute Gasteiger partial charge is 0.395 e. The van der Waals surface area contributed by atoms with Crippen molar-refractivity contribution in [3.8, 4) is 11.8 Å². The Morgan fingerprint density at radius 2 is 2.25 bits per heavy atom. The number of hydrogen-bond donors (Lipinski definition) is 2. The maximum Gasteiger partial charge on any atom is 0.224 e. The lowest BCUT2D eigenvalue weighted by atomic mass is 10.1. The number of benzene rings is 1. The summed E-state index contributed by atoms with van der Waals surface area (Å²) in [5.41, 5.74) is 2.57. The number of methoxy groups -OCH3 is 1. The van der Waals surface area contributed by atoms with Crippen LogP contribution in [-0.4, -0.2) is 31.3 Å². The number of amides is 1. The number of aliphatic hydroxyl groups is 1. The van der Waals surface area contributed by atoms with Crippen molar-refractivity contribution < 1.29 is 14.6 Å². The Hall–Kier alpha value is -1.83. The molecule has 1 amide bonds. The highest BCUT2D eigenvalue weighted by Crippen LogP contribution is 2.17. The van der Waals surface area contributed by atoms with Crippen LogP contribution in [0.4, 0.5) is 5.69 Å². The first-order chi connectivity index (χ1) is 9.67. The van der Waals surface area contributed by atoms with E-state index in [2.05, 4.69) is 17.2 Å². The summed E-state index contributed by atoms with van der Waals surface area (Å²) in [7, 11) is 1.62. The first kappa shape index (κ1) is 16.2. The Bertz CT molecular complexity index is 500. The topological polar surface area (TPSA) is 58.6 Å². The van der Waals surface area contributed by atoms with Crippen LogP contribution in [-0.2, 0) is 9.53 Å². The van der Waals surface area contributed by atoms with Crippen LogP contribution in [0.5, 0.6) is 0 Å². The molecule has 0 heterocycles. The van der Waals surface area contributed by atoms with Gasteiger partial charge < -0.3 is 15.2 Å². The summed E-state index contributed by atoms with van der Waals surface area (Å²) in [6.45, 7) is 2.59. The van der Waals surface area contributed by atoms with E-state index >= 15 is 0 Å². The van der Waals surface area contributed by atoms with E-state index in [1.807, 2.05) is 25.1 Å². The first-order valence-electron chi connectivity index (χ1n) is 6.66. The number of nitrogens with one attached hydrogen (secondary N) is 1. The molecule has 4 heteroatoms. The summed E-state index contributed by atoms with van der Waals surface area (Å²) in [5, 5.41) is 11.6. The van der Waals surface area contributed by atoms with Gasteiger partial charge in [0.25, 0.3) is 0 Å². The van der Waals surface area contributed by atoms with Crippen LogP contribution >= 0.6 is 0 Å². The molecule has 0 atom stereocenters. The molecule has 0 spiro atoms. The Labute approximate surface area is 120 Å². The van der Waals surface area contributed by atoms with Gasteiger partial charge in [0, 0.05) is 32.1 Å². The van der Waals surface area contributed by atoms with Gasteiger partial charge in [-0.3, -0.25) is 4.79 Å². The lowest BCUT2D eigenvalue weighted by Gasteiger charge is -2.08. The van der Waals surface area contributed by atoms with Gasteiger partial charge in [0.2, 0.25) is 5.91 Å². The summed E-state index contributed by atoms with van der Waals surface area (Å²) < 4.78 is 4.92. The van der Waals surface area contributed by atoms with Gasteiger partial charge in [0.15, 0.2) is 0 Å². The predicted molar refractivity (Wildman–Crippen MR) is 79.5 cm³/mol. The molecule has 0 bridgehead atoms. The van der Waals surface area contributed by atoms with Crippen LogP contribution < -0.4 is 5.32 Å². The standard InChI is InChI=1S/C16H21NO3/c1-13-8-9-15(14(12-13)6-3-4-10-18)17-16(19)7-5-11-20-2/h8-9,12,18H,4-5,7,10-11H2,1-2H3,(H,17,19). The third-order valence-electron chi connectivity index (χ3n) is 2.66. The molecule has 20 heavy (non-hydrogen) atoms. The number of ether oxygens (including phenoxy) is 1. The fourth-order valence-corrected chi connectivity index (χ4v) is 1.67. The second-order valence-corrected chi connectivity index (χ2v) is 4.47. The van der Waals surface area contributed by atoms with Gasteiger partial charge in [-0.15, -0.1) is 0 Å². The van der Waals surface area contributed by atoms with Crippen LogP contribution in [0.3, 0.4) is 0 Å². The smallest absolute Gasteiger partial charge is 0.224 e. The molecule has 0 saturated carbocycles. The second kappa shape index (κ2) is 9.13. The second-order valence-electron chi connectivity index (χ2n) is 4.47. The third-order valence-corrected chi connectivity index (χ3v) is 2.66. The minimum Gasteiger partial charge on any atom is -0.395 e. The van der Waals surface area contributed by atoms with Gasteiger partial charge in [-0.05, 0) is 31.0 Å². The SMILES string of the molecule is COCCCC(=O)Nc1ccc(C)cc1C#CCCO. The number of hydrogen-bond acceptors (Lipinski definition) is 3. The average Bonchev–Trinajstić information content (AvgIpc) is 2.42. The molecule has 0 saturated heterocycles. The zero-order valence-corrected chi connectivity index (χ0v) is 12.0. The number of aryl methyl sites for hydroxylation is 1. The van der Waals surface area contributed by atoms with Crippen molar-refractivity contribution in [2.45, 2.75) is 26.2 Å². The van der Waals surface area contributed by atoms with Crippen molar-refractivity contribution in [3.05, 3.63) is 29.3 Å². The molecule has 2 N–H and O–H groups in total. The maximum atomic E-state index is 11.8. The number of aliphatic hydroxyl groups excluding tert-OH is 1. The Morgan fingerprint density at radius 1 is 1.45 bits per heavy atom.